The molecule has 0 aliphatic heterocycles. The monoisotopic (exact) mass is 208 g/mol. The van der Waals surface area contributed by atoms with Crippen LogP contribution >= 0.6 is 0 Å². The molecule has 1 rings (SSSR count). The Kier molecular flexibility index (Phi) is 4.59. The fourth-order valence-corrected chi connectivity index (χ4v) is 1.27. The first-order chi connectivity index (χ1) is 7.13. The summed E-state index contributed by atoms with van der Waals surface area (Å²) in [4.78, 5) is 2.08. The van der Waals surface area contributed by atoms with Gasteiger partial charge in [0, 0.05) is 32.4 Å². The van der Waals surface area contributed by atoms with E-state index in [0.717, 1.165) is 6.54 Å². The number of hydrogen-bond acceptors (Lipinski definition) is 3. The molecule has 0 fully saturated rings. The zero-order chi connectivity index (χ0) is 11.3. The number of aliphatic hydroxyl groups excluding tert-OH is 1. The molecule has 3 heteroatoms. The molecule has 0 radical (unpaired) electrons. The molecule has 15 heavy (non-hydrogen) atoms. The Balaban J connectivity index is 2.50. The zero-order valence-corrected chi connectivity index (χ0v) is 9.70. The smallest absolute Gasteiger partial charge is 0.0582 e. The Bertz CT molecular complexity index is 282. The summed E-state index contributed by atoms with van der Waals surface area (Å²) in [6, 6.07) is 8.55. The predicted octanol–water partition coefficient (Wildman–Crippen LogP) is 1.22. The first kappa shape index (κ1) is 12.0. The van der Waals surface area contributed by atoms with E-state index in [1.807, 2.05) is 21.0 Å². The van der Waals surface area contributed by atoms with Crippen molar-refractivity contribution in [3.63, 3.8) is 0 Å². The van der Waals surface area contributed by atoms with Crippen molar-refractivity contribution in [3.8, 4) is 0 Å². The first-order valence-electron chi connectivity index (χ1n) is 5.24. The van der Waals surface area contributed by atoms with Crippen molar-refractivity contribution in [1.82, 2.24) is 5.32 Å². The lowest BCUT2D eigenvalue weighted by molar-refractivity contribution is 0.251. The van der Waals surface area contributed by atoms with Crippen LogP contribution in [0.4, 0.5) is 5.69 Å². The second kappa shape index (κ2) is 5.73. The van der Waals surface area contributed by atoms with E-state index >= 15 is 0 Å². The van der Waals surface area contributed by atoms with Crippen LogP contribution in [0.15, 0.2) is 24.3 Å². The molecular formula is C12H20N2O. The minimum absolute atomic E-state index is 0.151. The number of aliphatic hydroxyl groups is 1. The molecule has 0 spiro atoms. The summed E-state index contributed by atoms with van der Waals surface area (Å²) >= 11 is 0. The number of anilines is 1. The van der Waals surface area contributed by atoms with Crippen molar-refractivity contribution in [2.45, 2.75) is 19.5 Å². The predicted molar refractivity (Wildman–Crippen MR) is 64.2 cm³/mol. The maximum atomic E-state index is 8.86. The van der Waals surface area contributed by atoms with Gasteiger partial charge in [-0.2, -0.15) is 0 Å². The zero-order valence-electron chi connectivity index (χ0n) is 9.70. The van der Waals surface area contributed by atoms with Crippen LogP contribution in [0.2, 0.25) is 0 Å². The van der Waals surface area contributed by atoms with Crippen LogP contribution in [-0.2, 0) is 6.54 Å². The average molecular weight is 208 g/mol. The third-order valence-electron chi connectivity index (χ3n) is 2.38. The van der Waals surface area contributed by atoms with Crippen molar-refractivity contribution in [2.24, 2.45) is 0 Å². The Hall–Kier alpha value is -1.06. The van der Waals surface area contributed by atoms with Gasteiger partial charge in [0.15, 0.2) is 0 Å². The number of nitrogens with one attached hydrogen (secondary N) is 1. The highest BCUT2D eigenvalue weighted by Gasteiger charge is 1.99. The van der Waals surface area contributed by atoms with Crippen LogP contribution in [0.25, 0.3) is 0 Å². The van der Waals surface area contributed by atoms with Gasteiger partial charge in [-0.3, -0.25) is 0 Å². The van der Waals surface area contributed by atoms with E-state index in [-0.39, 0.29) is 12.6 Å². The SMILES string of the molecule is CC(CO)NCc1ccc(N(C)C)cc1. The molecule has 0 heterocycles. The van der Waals surface area contributed by atoms with Gasteiger partial charge >= 0.3 is 0 Å². The molecule has 0 bridgehead atoms. The Morgan fingerprint density at radius 1 is 1.27 bits per heavy atom. The van der Waals surface area contributed by atoms with E-state index in [0.29, 0.717) is 0 Å². The molecule has 1 aromatic rings. The normalized spacial score (nSPS) is 12.5. The van der Waals surface area contributed by atoms with Gasteiger partial charge in [0.25, 0.3) is 0 Å². The summed E-state index contributed by atoms with van der Waals surface area (Å²) < 4.78 is 0. The Labute approximate surface area is 91.7 Å². The summed E-state index contributed by atoms with van der Waals surface area (Å²) in [7, 11) is 4.06. The van der Waals surface area contributed by atoms with E-state index < -0.39 is 0 Å². The molecule has 0 aliphatic carbocycles. The fourth-order valence-electron chi connectivity index (χ4n) is 1.27. The van der Waals surface area contributed by atoms with Gasteiger partial charge < -0.3 is 15.3 Å². The molecule has 0 amide bonds. The molecule has 2 N–H and O–H groups in total. The molecule has 1 atom stereocenters. The van der Waals surface area contributed by atoms with Gasteiger partial charge in [0.05, 0.1) is 6.61 Å². The van der Waals surface area contributed by atoms with E-state index in [2.05, 4.69) is 34.5 Å². The summed E-state index contributed by atoms with van der Waals surface area (Å²) in [5, 5.41) is 12.1. The van der Waals surface area contributed by atoms with Gasteiger partial charge in [-0.1, -0.05) is 12.1 Å². The van der Waals surface area contributed by atoms with Crippen LogP contribution < -0.4 is 10.2 Å². The number of benzene rings is 1. The molecule has 0 aliphatic rings. The molecular weight excluding hydrogens is 188 g/mol. The van der Waals surface area contributed by atoms with Gasteiger partial charge in [0.2, 0.25) is 0 Å². The topological polar surface area (TPSA) is 35.5 Å². The Morgan fingerprint density at radius 2 is 1.87 bits per heavy atom. The minimum atomic E-state index is 0.151. The van der Waals surface area contributed by atoms with E-state index in [9.17, 15) is 0 Å². The molecule has 1 unspecified atom stereocenters. The van der Waals surface area contributed by atoms with Crippen molar-refractivity contribution >= 4 is 5.69 Å². The van der Waals surface area contributed by atoms with Crippen LogP contribution in [0, 0.1) is 0 Å². The molecule has 84 valence electrons. The van der Waals surface area contributed by atoms with Gasteiger partial charge in [-0.25, -0.2) is 0 Å². The quantitative estimate of drug-likeness (QED) is 0.764. The highest BCUT2D eigenvalue weighted by atomic mass is 16.3. The highest BCUT2D eigenvalue weighted by Crippen LogP contribution is 2.11. The third kappa shape index (κ3) is 3.90. The van der Waals surface area contributed by atoms with Gasteiger partial charge in [0.1, 0.15) is 0 Å². The van der Waals surface area contributed by atoms with Crippen molar-refractivity contribution in [2.75, 3.05) is 25.6 Å². The average Bonchev–Trinajstić information content (AvgIpc) is 2.26. The molecule has 1 aromatic carbocycles. The van der Waals surface area contributed by atoms with Crippen LogP contribution in [0.3, 0.4) is 0 Å². The third-order valence-corrected chi connectivity index (χ3v) is 2.38. The van der Waals surface area contributed by atoms with Crippen molar-refractivity contribution < 1.29 is 5.11 Å². The lowest BCUT2D eigenvalue weighted by atomic mass is 10.2. The van der Waals surface area contributed by atoms with Crippen LogP contribution in [-0.4, -0.2) is 31.9 Å². The van der Waals surface area contributed by atoms with Gasteiger partial charge in [-0.05, 0) is 24.6 Å². The number of nitrogens with zero attached hydrogens (tertiary/aromatic N) is 1. The van der Waals surface area contributed by atoms with Crippen molar-refractivity contribution in [1.29, 1.82) is 0 Å². The number of rotatable bonds is 5. The summed E-state index contributed by atoms with van der Waals surface area (Å²) in [5.41, 5.74) is 2.44. The summed E-state index contributed by atoms with van der Waals surface area (Å²) in [6.07, 6.45) is 0. The standard InChI is InChI=1S/C12H20N2O/c1-10(9-15)13-8-11-4-6-12(7-5-11)14(2)3/h4-7,10,13,15H,8-9H2,1-3H3. The largest absolute Gasteiger partial charge is 0.395 e. The second-order valence-corrected chi connectivity index (χ2v) is 4.03. The van der Waals surface area contributed by atoms with Gasteiger partial charge in [-0.15, -0.1) is 0 Å². The highest BCUT2D eigenvalue weighted by molar-refractivity contribution is 5.45. The fraction of sp³-hybridized carbons (Fsp3) is 0.500. The lowest BCUT2D eigenvalue weighted by Crippen LogP contribution is -2.28. The lowest BCUT2D eigenvalue weighted by Gasteiger charge is -2.14. The van der Waals surface area contributed by atoms with Crippen LogP contribution in [0.5, 0.6) is 0 Å². The van der Waals surface area contributed by atoms with Crippen LogP contribution in [0.1, 0.15) is 12.5 Å². The maximum absolute atomic E-state index is 8.86. The van der Waals surface area contributed by atoms with E-state index in [4.69, 9.17) is 5.11 Å². The van der Waals surface area contributed by atoms with Crippen molar-refractivity contribution in [3.05, 3.63) is 29.8 Å². The molecule has 3 nitrogen and oxygen atoms in total. The maximum Gasteiger partial charge on any atom is 0.0582 e. The number of hydrogen-bond donors (Lipinski definition) is 2. The summed E-state index contributed by atoms with van der Waals surface area (Å²) in [5.74, 6) is 0. The molecule has 0 aromatic heterocycles. The summed E-state index contributed by atoms with van der Waals surface area (Å²) in [6.45, 7) is 2.94. The second-order valence-electron chi connectivity index (χ2n) is 4.03. The van der Waals surface area contributed by atoms with E-state index in [1.54, 1.807) is 0 Å². The van der Waals surface area contributed by atoms with E-state index in [1.165, 1.54) is 11.3 Å². The Morgan fingerprint density at radius 3 is 2.33 bits per heavy atom. The molecule has 0 saturated heterocycles. The molecule has 0 saturated carbocycles. The first-order valence-corrected chi connectivity index (χ1v) is 5.24. The minimum Gasteiger partial charge on any atom is -0.395 e.